The predicted molar refractivity (Wildman–Crippen MR) is 74.3 cm³/mol. The van der Waals surface area contributed by atoms with Gasteiger partial charge in [0.15, 0.2) is 0 Å². The Balaban J connectivity index is 4.06. The van der Waals surface area contributed by atoms with E-state index in [1.807, 2.05) is 13.8 Å². The first kappa shape index (κ1) is 17.4. The van der Waals surface area contributed by atoms with Gasteiger partial charge in [-0.15, -0.1) is 0 Å². The van der Waals surface area contributed by atoms with Crippen LogP contribution in [0.15, 0.2) is 0 Å². The van der Waals surface area contributed by atoms with E-state index in [2.05, 4.69) is 6.92 Å². The van der Waals surface area contributed by atoms with E-state index in [-0.39, 0.29) is 17.8 Å². The fourth-order valence-corrected chi connectivity index (χ4v) is 2.25. The van der Waals surface area contributed by atoms with Gasteiger partial charge in [0, 0.05) is 0 Å². The second kappa shape index (κ2) is 10.4. The van der Waals surface area contributed by atoms with Crippen molar-refractivity contribution in [1.29, 1.82) is 0 Å². The lowest BCUT2D eigenvalue weighted by Crippen LogP contribution is -2.34. The Morgan fingerprint density at radius 3 is 2.22 bits per heavy atom. The van der Waals surface area contributed by atoms with Crippen LogP contribution in [0.3, 0.4) is 0 Å². The first-order valence-electron chi connectivity index (χ1n) is 7.39. The first-order valence-corrected chi connectivity index (χ1v) is 7.39. The molecular formula is C15H30O3. The van der Waals surface area contributed by atoms with E-state index in [1.54, 1.807) is 6.92 Å². The molecule has 0 spiro atoms. The van der Waals surface area contributed by atoms with Crippen LogP contribution < -0.4 is 0 Å². The number of aliphatic hydroxyl groups excluding tert-OH is 1. The molecular weight excluding hydrogens is 228 g/mol. The third-order valence-electron chi connectivity index (χ3n) is 3.29. The lowest BCUT2D eigenvalue weighted by atomic mass is 9.87. The topological polar surface area (TPSA) is 46.5 Å². The van der Waals surface area contributed by atoms with Crippen LogP contribution in [0.4, 0.5) is 0 Å². The van der Waals surface area contributed by atoms with Crippen molar-refractivity contribution in [2.75, 3.05) is 6.61 Å². The van der Waals surface area contributed by atoms with E-state index >= 15 is 0 Å². The summed E-state index contributed by atoms with van der Waals surface area (Å²) in [6.45, 7) is 8.28. The molecule has 0 aliphatic carbocycles. The molecule has 0 aromatic carbocycles. The summed E-state index contributed by atoms with van der Waals surface area (Å²) in [6.07, 6.45) is 5.95. The van der Waals surface area contributed by atoms with Gasteiger partial charge in [0.2, 0.25) is 0 Å². The average molecular weight is 258 g/mol. The van der Waals surface area contributed by atoms with Crippen LogP contribution in [-0.2, 0) is 9.53 Å². The number of hydrogen-bond donors (Lipinski definition) is 1. The van der Waals surface area contributed by atoms with Gasteiger partial charge < -0.3 is 9.84 Å². The molecule has 0 aromatic rings. The van der Waals surface area contributed by atoms with Crippen LogP contribution >= 0.6 is 0 Å². The summed E-state index contributed by atoms with van der Waals surface area (Å²) in [6, 6.07) is 0. The molecule has 0 aromatic heterocycles. The fraction of sp³-hybridized carbons (Fsp3) is 0.933. The van der Waals surface area contributed by atoms with Gasteiger partial charge in [0.25, 0.3) is 0 Å². The van der Waals surface area contributed by atoms with Crippen LogP contribution in [0.2, 0.25) is 0 Å². The Hall–Kier alpha value is -0.570. The Kier molecular flexibility index (Phi) is 10.0. The number of rotatable bonds is 10. The van der Waals surface area contributed by atoms with Crippen molar-refractivity contribution in [1.82, 2.24) is 0 Å². The van der Waals surface area contributed by atoms with Crippen molar-refractivity contribution in [2.24, 2.45) is 11.8 Å². The van der Waals surface area contributed by atoms with Gasteiger partial charge in [-0.3, -0.25) is 4.79 Å². The number of carbonyl (C=O) groups excluding carboxylic acids is 1. The van der Waals surface area contributed by atoms with Crippen molar-refractivity contribution < 1.29 is 14.6 Å². The smallest absolute Gasteiger partial charge is 0.311 e. The Labute approximate surface area is 112 Å². The highest BCUT2D eigenvalue weighted by Crippen LogP contribution is 2.21. The van der Waals surface area contributed by atoms with E-state index in [9.17, 15) is 9.90 Å². The first-order chi connectivity index (χ1) is 8.54. The van der Waals surface area contributed by atoms with Crippen molar-refractivity contribution in [3.63, 3.8) is 0 Å². The number of aliphatic hydroxyl groups is 1. The molecule has 0 fully saturated rings. The van der Waals surface area contributed by atoms with E-state index in [4.69, 9.17) is 4.74 Å². The van der Waals surface area contributed by atoms with Crippen molar-refractivity contribution in [3.8, 4) is 0 Å². The van der Waals surface area contributed by atoms with Crippen molar-refractivity contribution in [3.05, 3.63) is 0 Å². The number of ether oxygens (including phenoxy) is 1. The zero-order chi connectivity index (χ0) is 14.0. The standard InChI is InChI=1S/C15H30O3/c1-5-7-8-9-10-11-13(16)14(12(3)4)15(17)18-6-2/h12-14,16H,5-11H2,1-4H3/t13-,14+/m0/s1. The average Bonchev–Trinajstić information content (AvgIpc) is 2.28. The van der Waals surface area contributed by atoms with Gasteiger partial charge in [-0.1, -0.05) is 52.9 Å². The maximum Gasteiger partial charge on any atom is 0.311 e. The van der Waals surface area contributed by atoms with E-state index in [0.717, 1.165) is 12.8 Å². The molecule has 0 aliphatic rings. The Morgan fingerprint density at radius 1 is 1.11 bits per heavy atom. The van der Waals surface area contributed by atoms with Crippen molar-refractivity contribution in [2.45, 2.75) is 72.3 Å². The molecule has 0 saturated heterocycles. The minimum Gasteiger partial charge on any atom is -0.466 e. The number of carbonyl (C=O) groups is 1. The summed E-state index contributed by atoms with van der Waals surface area (Å²) in [7, 11) is 0. The number of hydrogen-bond acceptors (Lipinski definition) is 3. The van der Waals surface area contributed by atoms with Gasteiger partial charge >= 0.3 is 5.97 Å². The third-order valence-corrected chi connectivity index (χ3v) is 3.29. The minimum atomic E-state index is -0.564. The number of esters is 1. The van der Waals surface area contributed by atoms with Crippen molar-refractivity contribution >= 4 is 5.97 Å². The molecule has 1 N–H and O–H groups in total. The quantitative estimate of drug-likeness (QED) is 0.481. The second-order valence-corrected chi connectivity index (χ2v) is 5.29. The van der Waals surface area contributed by atoms with Gasteiger partial charge in [0.05, 0.1) is 18.6 Å². The van der Waals surface area contributed by atoms with Crippen LogP contribution in [0.1, 0.15) is 66.2 Å². The molecule has 3 nitrogen and oxygen atoms in total. The molecule has 108 valence electrons. The molecule has 0 heterocycles. The summed E-state index contributed by atoms with van der Waals surface area (Å²) in [5.41, 5.74) is 0. The molecule has 2 atom stereocenters. The predicted octanol–water partition coefficient (Wildman–Crippen LogP) is 3.54. The highest BCUT2D eigenvalue weighted by molar-refractivity contribution is 5.73. The highest BCUT2D eigenvalue weighted by Gasteiger charge is 2.30. The molecule has 0 aliphatic heterocycles. The molecule has 18 heavy (non-hydrogen) atoms. The maximum atomic E-state index is 11.8. The highest BCUT2D eigenvalue weighted by atomic mass is 16.5. The van der Waals surface area contributed by atoms with Gasteiger partial charge in [-0.2, -0.15) is 0 Å². The van der Waals surface area contributed by atoms with Crippen LogP contribution in [0.25, 0.3) is 0 Å². The largest absolute Gasteiger partial charge is 0.466 e. The molecule has 0 unspecified atom stereocenters. The Bertz CT molecular complexity index is 214. The normalized spacial score (nSPS) is 14.6. The van der Waals surface area contributed by atoms with Gasteiger partial charge in [-0.05, 0) is 19.3 Å². The third kappa shape index (κ3) is 7.00. The lowest BCUT2D eigenvalue weighted by Gasteiger charge is -2.24. The van der Waals surface area contributed by atoms with Crippen LogP contribution in [-0.4, -0.2) is 23.8 Å². The lowest BCUT2D eigenvalue weighted by molar-refractivity contribution is -0.154. The van der Waals surface area contributed by atoms with Gasteiger partial charge in [0.1, 0.15) is 0 Å². The van der Waals surface area contributed by atoms with E-state index < -0.39 is 6.10 Å². The fourth-order valence-electron chi connectivity index (χ4n) is 2.25. The monoisotopic (exact) mass is 258 g/mol. The minimum absolute atomic E-state index is 0.120. The summed E-state index contributed by atoms with van der Waals surface area (Å²) in [4.78, 5) is 11.8. The molecule has 0 radical (unpaired) electrons. The Morgan fingerprint density at radius 2 is 1.72 bits per heavy atom. The number of unbranched alkanes of at least 4 members (excludes halogenated alkanes) is 4. The van der Waals surface area contributed by atoms with E-state index in [0.29, 0.717) is 13.0 Å². The SMILES string of the molecule is CCCCCCC[C@H](O)[C@H](C(=O)OCC)C(C)C. The summed E-state index contributed by atoms with van der Waals surface area (Å²) >= 11 is 0. The maximum absolute atomic E-state index is 11.8. The summed E-state index contributed by atoms with van der Waals surface area (Å²) in [5.74, 6) is -0.514. The zero-order valence-electron chi connectivity index (χ0n) is 12.4. The summed E-state index contributed by atoms with van der Waals surface area (Å²) < 4.78 is 5.03. The zero-order valence-corrected chi connectivity index (χ0v) is 12.4. The molecule has 3 heteroatoms. The molecule has 0 rings (SSSR count). The molecule has 0 amide bonds. The molecule has 0 bridgehead atoms. The van der Waals surface area contributed by atoms with Gasteiger partial charge in [-0.25, -0.2) is 0 Å². The van der Waals surface area contributed by atoms with Crippen LogP contribution in [0.5, 0.6) is 0 Å². The van der Waals surface area contributed by atoms with E-state index in [1.165, 1.54) is 19.3 Å². The van der Waals surface area contributed by atoms with Crippen LogP contribution in [0, 0.1) is 11.8 Å². The second-order valence-electron chi connectivity index (χ2n) is 5.29. The molecule has 0 saturated carbocycles. The summed E-state index contributed by atoms with van der Waals surface area (Å²) in [5, 5.41) is 10.1.